The van der Waals surface area contributed by atoms with Crippen molar-refractivity contribution in [3.05, 3.63) is 77.9 Å². The zero-order valence-electron chi connectivity index (χ0n) is 13.5. The van der Waals surface area contributed by atoms with Crippen LogP contribution in [0.5, 0.6) is 0 Å². The Balaban J connectivity index is 1.72. The highest BCUT2D eigenvalue weighted by Crippen LogP contribution is 2.60. The third-order valence-electron chi connectivity index (χ3n) is 4.38. The van der Waals surface area contributed by atoms with Crippen molar-refractivity contribution < 1.29 is 9.59 Å². The summed E-state index contributed by atoms with van der Waals surface area (Å²) in [6.07, 6.45) is 0. The first-order valence-electron chi connectivity index (χ1n) is 8.12. The van der Waals surface area contributed by atoms with Crippen molar-refractivity contribution in [1.82, 2.24) is 0 Å². The third-order valence-corrected chi connectivity index (χ3v) is 10.2. The summed E-state index contributed by atoms with van der Waals surface area (Å²) < 4.78 is 3.30. The fraction of sp³-hybridized carbons (Fsp3) is 0.100. The molecule has 1 aliphatic carbocycles. The van der Waals surface area contributed by atoms with Crippen LogP contribution in [0, 0.1) is 0 Å². The Morgan fingerprint density at radius 1 is 0.577 bits per heavy atom. The minimum absolute atomic E-state index is 0.161. The van der Waals surface area contributed by atoms with E-state index in [-0.39, 0.29) is 11.6 Å². The summed E-state index contributed by atoms with van der Waals surface area (Å²) in [5.41, 5.74) is 3.23. The van der Waals surface area contributed by atoms with Crippen molar-refractivity contribution in [1.29, 1.82) is 0 Å². The number of fused-ring (bicyclic) bond motifs is 3. The van der Waals surface area contributed by atoms with Gasteiger partial charge in [-0.25, -0.2) is 0 Å². The molecule has 2 aliphatic heterocycles. The molecule has 0 spiro atoms. The van der Waals surface area contributed by atoms with Crippen molar-refractivity contribution in [3.8, 4) is 11.1 Å². The molecule has 26 heavy (non-hydrogen) atoms. The molecule has 2 aromatic rings. The van der Waals surface area contributed by atoms with Gasteiger partial charge in [-0.05, 0) is 11.1 Å². The zero-order valence-corrected chi connectivity index (χ0v) is 16.7. The monoisotopic (exact) mass is 412 g/mol. The summed E-state index contributed by atoms with van der Waals surface area (Å²) in [5.74, 6) is 1.83. The first-order valence-corrected chi connectivity index (χ1v) is 11.7. The predicted molar refractivity (Wildman–Crippen MR) is 115 cm³/mol. The number of ketones is 2. The van der Waals surface area contributed by atoms with Crippen LogP contribution in [0.4, 0.5) is 0 Å². The Hall–Kier alpha value is -1.34. The van der Waals surface area contributed by atoms with Gasteiger partial charge in [0.15, 0.2) is 11.6 Å². The molecule has 0 radical (unpaired) electrons. The largest absolute Gasteiger partial charge is 0.288 e. The first-order chi connectivity index (χ1) is 12.7. The summed E-state index contributed by atoms with van der Waals surface area (Å²) >= 11 is 6.83. The van der Waals surface area contributed by atoms with Gasteiger partial charge in [-0.15, -0.1) is 23.5 Å². The van der Waals surface area contributed by atoms with E-state index in [2.05, 4.69) is 0 Å². The van der Waals surface area contributed by atoms with E-state index in [1.807, 2.05) is 72.1 Å². The molecule has 0 N–H and O–H groups in total. The number of allylic oxidation sites excluding steroid dienone is 1. The number of benzene rings is 2. The zero-order chi connectivity index (χ0) is 17.7. The molecule has 0 aromatic heterocycles. The molecule has 6 heteroatoms. The molecule has 3 aliphatic rings. The van der Waals surface area contributed by atoms with Crippen LogP contribution in [0.2, 0.25) is 0 Å². The Morgan fingerprint density at radius 2 is 1.00 bits per heavy atom. The molecule has 0 saturated carbocycles. The highest BCUT2D eigenvalue weighted by molar-refractivity contribution is 8.41. The van der Waals surface area contributed by atoms with Crippen molar-refractivity contribution in [2.45, 2.75) is 0 Å². The average molecular weight is 413 g/mol. The lowest BCUT2D eigenvalue weighted by atomic mass is 9.96. The van der Waals surface area contributed by atoms with Crippen LogP contribution in [-0.4, -0.2) is 23.1 Å². The van der Waals surface area contributed by atoms with Crippen molar-refractivity contribution in [2.75, 3.05) is 11.5 Å². The molecule has 0 amide bonds. The number of Topliss-reactive ketones (excluding diaryl/α,β-unsaturated/α-hetero) is 2. The maximum atomic E-state index is 13.4. The molecule has 5 rings (SSSR count). The molecule has 0 fully saturated rings. The predicted octanol–water partition coefficient (Wildman–Crippen LogP) is 6.03. The Morgan fingerprint density at radius 3 is 1.46 bits per heavy atom. The van der Waals surface area contributed by atoms with Crippen LogP contribution in [0.3, 0.4) is 0 Å². The Labute approximate surface area is 168 Å². The van der Waals surface area contributed by atoms with Crippen LogP contribution < -0.4 is 0 Å². The molecule has 0 saturated heterocycles. The van der Waals surface area contributed by atoms with Gasteiger partial charge in [0.1, 0.15) is 0 Å². The van der Waals surface area contributed by atoms with Crippen LogP contribution in [0.15, 0.2) is 66.8 Å². The van der Waals surface area contributed by atoms with Crippen LogP contribution in [0.25, 0.3) is 11.1 Å². The smallest absolute Gasteiger partial charge is 0.199 e. The second-order valence-electron chi connectivity index (χ2n) is 5.89. The van der Waals surface area contributed by atoms with Gasteiger partial charge >= 0.3 is 0 Å². The third kappa shape index (κ3) is 2.62. The molecule has 0 atom stereocenters. The maximum Gasteiger partial charge on any atom is 0.199 e. The summed E-state index contributed by atoms with van der Waals surface area (Å²) in [6.45, 7) is 0. The minimum Gasteiger partial charge on any atom is -0.288 e. The van der Waals surface area contributed by atoms with Crippen molar-refractivity contribution in [3.63, 3.8) is 0 Å². The van der Waals surface area contributed by atoms with E-state index in [0.717, 1.165) is 26.9 Å². The van der Waals surface area contributed by atoms with Crippen molar-refractivity contribution in [2.24, 2.45) is 0 Å². The second-order valence-corrected chi connectivity index (χ2v) is 10.9. The fourth-order valence-electron chi connectivity index (χ4n) is 3.21. The molecule has 128 valence electrons. The minimum atomic E-state index is -0.161. The van der Waals surface area contributed by atoms with E-state index < -0.39 is 0 Å². The van der Waals surface area contributed by atoms with E-state index in [1.54, 1.807) is 23.5 Å². The van der Waals surface area contributed by atoms with E-state index in [1.165, 1.54) is 8.47 Å². The second kappa shape index (κ2) is 6.68. The average Bonchev–Trinajstić information content (AvgIpc) is 3.08. The van der Waals surface area contributed by atoms with Gasteiger partial charge in [0.2, 0.25) is 0 Å². The lowest BCUT2D eigenvalue weighted by molar-refractivity contribution is 0.0965. The summed E-state index contributed by atoms with van der Waals surface area (Å²) in [4.78, 5) is 26.7. The summed E-state index contributed by atoms with van der Waals surface area (Å²) in [6, 6.07) is 15.1. The molecule has 2 heterocycles. The Kier molecular flexibility index (Phi) is 4.32. The molecular formula is C20H12O2S4. The van der Waals surface area contributed by atoms with Gasteiger partial charge in [-0.1, -0.05) is 72.1 Å². The van der Waals surface area contributed by atoms with Gasteiger partial charge in [-0.3, -0.25) is 9.59 Å². The highest BCUT2D eigenvalue weighted by atomic mass is 32.3. The molecule has 2 nitrogen and oxygen atoms in total. The van der Waals surface area contributed by atoms with E-state index in [4.69, 9.17) is 0 Å². The topological polar surface area (TPSA) is 34.1 Å². The van der Waals surface area contributed by atoms with Gasteiger partial charge < -0.3 is 0 Å². The normalized spacial score (nSPS) is 19.2. The lowest BCUT2D eigenvalue weighted by Gasteiger charge is -2.08. The van der Waals surface area contributed by atoms with Crippen LogP contribution in [0.1, 0.15) is 20.7 Å². The molecule has 0 bridgehead atoms. The van der Waals surface area contributed by atoms with E-state index in [9.17, 15) is 9.59 Å². The molecule has 0 unspecified atom stereocenters. The van der Waals surface area contributed by atoms with Gasteiger partial charge in [-0.2, -0.15) is 0 Å². The number of rotatable bonds is 0. The maximum absolute atomic E-state index is 13.4. The number of hydrogen-bond acceptors (Lipinski definition) is 6. The number of hydrogen-bond donors (Lipinski definition) is 0. The van der Waals surface area contributed by atoms with Gasteiger partial charge in [0.05, 0.1) is 18.3 Å². The number of thioether (sulfide) groups is 4. The number of carbonyl (C=O) groups excluding carboxylic acids is 2. The number of carbonyl (C=O) groups is 2. The van der Waals surface area contributed by atoms with Crippen molar-refractivity contribution >= 4 is 58.6 Å². The van der Waals surface area contributed by atoms with Crippen LogP contribution >= 0.6 is 47.0 Å². The molecule has 2 aromatic carbocycles. The molecular weight excluding hydrogens is 400 g/mol. The van der Waals surface area contributed by atoms with Gasteiger partial charge in [0, 0.05) is 22.6 Å². The highest BCUT2D eigenvalue weighted by Gasteiger charge is 2.36. The fourth-order valence-corrected chi connectivity index (χ4v) is 9.22. The first kappa shape index (κ1) is 16.8. The summed E-state index contributed by atoms with van der Waals surface area (Å²) in [5, 5.41) is 0. The van der Waals surface area contributed by atoms with Crippen LogP contribution in [-0.2, 0) is 0 Å². The van der Waals surface area contributed by atoms with Gasteiger partial charge in [0.25, 0.3) is 0 Å². The quantitative estimate of drug-likeness (QED) is 0.388. The van der Waals surface area contributed by atoms with E-state index >= 15 is 0 Å². The Bertz CT molecular complexity index is 956. The SMILES string of the molecule is O=C1C(=C2SC3=C(SCCS3)S2)C(=O)c2ccccc2-c2ccccc21. The lowest BCUT2D eigenvalue weighted by Crippen LogP contribution is -2.13. The van der Waals surface area contributed by atoms with E-state index in [0.29, 0.717) is 16.7 Å². The standard InChI is InChI=1S/C20H12O2S4/c21-16-13-7-3-1-5-11(13)12-6-2-4-8-14(12)17(22)15(16)18-25-19-20(26-18)24-10-9-23-19/h1-8H,9-10H2. The summed E-state index contributed by atoms with van der Waals surface area (Å²) in [7, 11) is 0.